The van der Waals surface area contributed by atoms with E-state index in [-0.39, 0.29) is 48.3 Å². The highest BCUT2D eigenvalue weighted by Gasteiger charge is 2.50. The molecule has 1 spiro atoms. The molecule has 15 nitrogen and oxygen atoms in total. The van der Waals surface area contributed by atoms with E-state index in [4.69, 9.17) is 9.97 Å². The maximum Gasteiger partial charge on any atom is 0.246 e. The van der Waals surface area contributed by atoms with E-state index in [0.717, 1.165) is 95.2 Å². The molecule has 0 bridgehead atoms. The summed E-state index contributed by atoms with van der Waals surface area (Å²) in [7, 11) is 0. The molecular formula is C46H62N10O5. The first-order chi connectivity index (χ1) is 29.2. The van der Waals surface area contributed by atoms with Crippen molar-refractivity contribution in [2.45, 2.75) is 122 Å². The molecule has 5 fully saturated rings. The molecule has 4 atom stereocenters. The molecule has 4 N–H and O–H groups in total. The van der Waals surface area contributed by atoms with E-state index in [9.17, 15) is 24.6 Å². The number of β-amino-alcohol motifs (C(OH)–C–C–N with tert-alkyl or cyclic N) is 1. The number of carbonyl (C=O) groups is 3. The molecular weight excluding hydrogens is 773 g/mol. The Labute approximate surface area is 358 Å². The van der Waals surface area contributed by atoms with Crippen molar-refractivity contribution in [2.24, 2.45) is 16.7 Å². The predicted molar refractivity (Wildman–Crippen MR) is 232 cm³/mol. The summed E-state index contributed by atoms with van der Waals surface area (Å²) in [5, 5.41) is 36.1. The van der Waals surface area contributed by atoms with E-state index in [1.165, 1.54) is 30.2 Å². The lowest BCUT2D eigenvalue weighted by atomic mass is 9.56. The van der Waals surface area contributed by atoms with E-state index in [1.54, 1.807) is 12.1 Å². The van der Waals surface area contributed by atoms with Gasteiger partial charge in [-0.15, -0.1) is 10.2 Å². The van der Waals surface area contributed by atoms with Crippen molar-refractivity contribution < 1.29 is 24.6 Å². The number of carbonyl (C=O) groups excluding carboxylic acids is 3. The Balaban J connectivity index is 0.726. The molecule has 9 rings (SSSR count). The van der Waals surface area contributed by atoms with Crippen molar-refractivity contribution in [1.82, 2.24) is 35.3 Å². The number of piperazine rings is 1. The highest BCUT2D eigenvalue weighted by Crippen LogP contribution is 2.55. The summed E-state index contributed by atoms with van der Waals surface area (Å²) < 4.78 is 0. The second-order valence-corrected chi connectivity index (χ2v) is 19.9. The number of hydrogen-bond donors (Lipinski definition) is 4. The van der Waals surface area contributed by atoms with Crippen LogP contribution in [0.3, 0.4) is 0 Å². The number of rotatable bonds is 8. The number of Topliss-reactive ketones (excluding diaryl/α,β-unsaturated/α-hetero) is 1. The smallest absolute Gasteiger partial charge is 0.246 e. The van der Waals surface area contributed by atoms with E-state index >= 15 is 0 Å². The maximum absolute atomic E-state index is 13.7. The first-order valence-corrected chi connectivity index (χ1v) is 22.5. The lowest BCUT2D eigenvalue weighted by Gasteiger charge is -2.55. The number of fused-ring (bicyclic) bond motifs is 3. The molecule has 15 heteroatoms. The van der Waals surface area contributed by atoms with Crippen LogP contribution in [0.4, 0.5) is 17.5 Å². The number of para-hydroxylation sites is 1. The van der Waals surface area contributed by atoms with Crippen LogP contribution in [-0.4, -0.2) is 134 Å². The van der Waals surface area contributed by atoms with Gasteiger partial charge in [0.2, 0.25) is 17.8 Å². The molecule has 1 aromatic carbocycles. The average Bonchev–Trinajstić information content (AvgIpc) is 3.66. The number of phenols is 1. The fraction of sp³-hybridized carbons (Fsp3) is 0.630. The van der Waals surface area contributed by atoms with E-state index in [0.29, 0.717) is 28.6 Å². The van der Waals surface area contributed by atoms with Crippen molar-refractivity contribution in [3.63, 3.8) is 0 Å². The number of piperidine rings is 1. The van der Waals surface area contributed by atoms with Crippen molar-refractivity contribution >= 4 is 35.1 Å². The first kappa shape index (κ1) is 41.5. The number of nitrogens with zero attached hydrogens (tertiary/aromatic N) is 8. The molecule has 2 saturated carbocycles. The summed E-state index contributed by atoms with van der Waals surface area (Å²) in [6.07, 6.45) is 11.9. The summed E-state index contributed by atoms with van der Waals surface area (Å²) in [5.74, 6) is 1.58. The third-order valence-electron chi connectivity index (χ3n) is 14.9. The number of hydrogen-bond acceptors (Lipinski definition) is 13. The van der Waals surface area contributed by atoms with Gasteiger partial charge in [-0.2, -0.15) is 0 Å². The van der Waals surface area contributed by atoms with Crippen LogP contribution in [0.5, 0.6) is 5.75 Å². The molecule has 0 radical (unpaired) electrons. The standard InChI is InChI=1S/C46H62N10O5/c1-28(57)37-19-34(58)27-56(37)43(61)40(45(2,3)4)50-42(60)30-9-13-46(14-10-30)21-32(22-46)53-15-11-29(12-16-53)31-23-48-44(49-24-31)54-17-18-55-33(26-54)25-47-41-38(55)20-36(51-52-41)35-7-5-6-8-39(35)59/h5-8,20,23-24,29-30,32-34,37,40,58-59H,9-19,21-22,25-27H2,1-4H3,(H,47,52)(H,50,60)/t30?,32?,33-,34+,37-,40+,46?/m0/s1. The third kappa shape index (κ3) is 8.27. The number of aliphatic hydroxyl groups is 1. The minimum atomic E-state index is -0.761. The second kappa shape index (κ2) is 16.4. The van der Waals surface area contributed by atoms with Gasteiger partial charge in [-0.25, -0.2) is 9.97 Å². The number of ketones is 1. The Bertz CT molecular complexity index is 2100. The largest absolute Gasteiger partial charge is 0.507 e. The maximum atomic E-state index is 13.7. The van der Waals surface area contributed by atoms with Gasteiger partial charge in [0.15, 0.2) is 11.6 Å². The second-order valence-electron chi connectivity index (χ2n) is 19.9. The average molecular weight is 835 g/mol. The number of benzene rings is 1. The van der Waals surface area contributed by atoms with Crippen LogP contribution in [0.15, 0.2) is 42.7 Å². The highest BCUT2D eigenvalue weighted by atomic mass is 16.3. The van der Waals surface area contributed by atoms with Crippen LogP contribution < -0.4 is 20.4 Å². The Morgan fingerprint density at radius 2 is 1.66 bits per heavy atom. The molecule has 0 unspecified atom stereocenters. The monoisotopic (exact) mass is 834 g/mol. The van der Waals surface area contributed by atoms with Gasteiger partial charge < -0.3 is 40.4 Å². The van der Waals surface area contributed by atoms with Crippen LogP contribution in [0.1, 0.15) is 97.0 Å². The summed E-state index contributed by atoms with van der Waals surface area (Å²) >= 11 is 0. The molecule has 3 saturated heterocycles. The van der Waals surface area contributed by atoms with Gasteiger partial charge in [0, 0.05) is 69.1 Å². The number of aromatic hydroxyl groups is 1. The number of amides is 2. The first-order valence-electron chi connectivity index (χ1n) is 22.5. The normalized spacial score (nSPS) is 28.7. The summed E-state index contributed by atoms with van der Waals surface area (Å²) in [5.41, 5.74) is 3.32. The zero-order valence-corrected chi connectivity index (χ0v) is 36.1. The minimum Gasteiger partial charge on any atom is -0.507 e. The third-order valence-corrected chi connectivity index (χ3v) is 14.9. The molecule has 2 amide bonds. The number of phenolic OH excluding ortho intramolecular Hbond substituents is 1. The number of likely N-dealkylation sites (tertiary alicyclic amines) is 2. The van der Waals surface area contributed by atoms with Crippen molar-refractivity contribution in [1.29, 1.82) is 0 Å². The van der Waals surface area contributed by atoms with Gasteiger partial charge in [-0.05, 0) is 112 Å². The van der Waals surface area contributed by atoms with Gasteiger partial charge in [0.1, 0.15) is 11.8 Å². The predicted octanol–water partition coefficient (Wildman–Crippen LogP) is 4.36. The van der Waals surface area contributed by atoms with Crippen LogP contribution >= 0.6 is 0 Å². The van der Waals surface area contributed by atoms with Gasteiger partial charge >= 0.3 is 0 Å². The Morgan fingerprint density at radius 3 is 2.34 bits per heavy atom. The number of nitrogens with one attached hydrogen (secondary N) is 2. The van der Waals surface area contributed by atoms with E-state index in [1.807, 2.05) is 51.4 Å². The van der Waals surface area contributed by atoms with Crippen molar-refractivity contribution in [3.8, 4) is 17.0 Å². The summed E-state index contributed by atoms with van der Waals surface area (Å²) in [6, 6.07) is 8.66. The summed E-state index contributed by atoms with van der Waals surface area (Å²) in [6.45, 7) is 12.7. The molecule has 6 heterocycles. The Morgan fingerprint density at radius 1 is 0.934 bits per heavy atom. The Hall–Kier alpha value is -4.89. The number of anilines is 3. The number of aromatic nitrogens is 4. The van der Waals surface area contributed by atoms with Crippen molar-refractivity contribution in [3.05, 3.63) is 48.3 Å². The lowest BCUT2D eigenvalue weighted by molar-refractivity contribution is -0.144. The quantitative estimate of drug-likeness (QED) is 0.252. The molecule has 61 heavy (non-hydrogen) atoms. The molecule has 2 aliphatic carbocycles. The Kier molecular flexibility index (Phi) is 11.2. The number of aliphatic hydroxyl groups excluding tert-OH is 1. The highest BCUT2D eigenvalue weighted by molar-refractivity contribution is 5.93. The topological polar surface area (TPSA) is 180 Å². The zero-order chi connectivity index (χ0) is 42.6. The van der Waals surface area contributed by atoms with Gasteiger partial charge in [-0.1, -0.05) is 32.9 Å². The fourth-order valence-corrected chi connectivity index (χ4v) is 11.2. The van der Waals surface area contributed by atoms with Gasteiger partial charge in [-0.3, -0.25) is 14.4 Å². The molecule has 3 aromatic rings. The van der Waals surface area contributed by atoms with E-state index in [2.05, 4.69) is 35.5 Å². The van der Waals surface area contributed by atoms with E-state index < -0.39 is 23.6 Å². The van der Waals surface area contributed by atoms with Crippen LogP contribution in [0.25, 0.3) is 11.3 Å². The van der Waals surface area contributed by atoms with Crippen molar-refractivity contribution in [2.75, 3.05) is 60.9 Å². The molecule has 326 valence electrons. The fourth-order valence-electron chi connectivity index (χ4n) is 11.2. The molecule has 2 aromatic heterocycles. The van der Waals surface area contributed by atoms with Crippen LogP contribution in [-0.2, 0) is 14.4 Å². The van der Waals surface area contributed by atoms with Crippen LogP contribution in [0.2, 0.25) is 0 Å². The van der Waals surface area contributed by atoms with Gasteiger partial charge in [0.05, 0.1) is 29.6 Å². The molecule has 4 aliphatic heterocycles. The minimum absolute atomic E-state index is 0.0656. The SMILES string of the molecule is CC(=O)[C@@H]1C[C@@H](O)CN1C(=O)[C@@H](NC(=O)C1CCC2(CC1)CC(N1CCC(c3cnc(N4CCN5c6cc(-c7ccccc7O)nnc6NC[C@H]5C4)nc3)CC1)C2)C(C)(C)C. The molecule has 6 aliphatic rings. The summed E-state index contributed by atoms with van der Waals surface area (Å²) in [4.78, 5) is 58.3. The van der Waals surface area contributed by atoms with Gasteiger partial charge in [0.25, 0.3) is 0 Å². The van der Waals surface area contributed by atoms with Crippen LogP contribution in [0, 0.1) is 16.7 Å². The zero-order valence-electron chi connectivity index (χ0n) is 36.1. The lowest BCUT2D eigenvalue weighted by Crippen LogP contribution is -2.58.